The number of carbonyl (C=O) groups is 1. The van der Waals surface area contributed by atoms with Crippen LogP contribution < -0.4 is 0 Å². The van der Waals surface area contributed by atoms with Gasteiger partial charge in [-0.1, -0.05) is 29.8 Å². The van der Waals surface area contributed by atoms with Gasteiger partial charge in [0, 0.05) is 32.1 Å². The summed E-state index contributed by atoms with van der Waals surface area (Å²) in [7, 11) is 0. The molecule has 4 rings (SSSR count). The molecule has 0 bridgehead atoms. The number of carbonyl (C=O) groups excluding carboxylic acids is 1. The van der Waals surface area contributed by atoms with Gasteiger partial charge in [-0.3, -0.25) is 4.79 Å². The van der Waals surface area contributed by atoms with E-state index in [4.69, 9.17) is 4.74 Å². The maximum Gasteiger partial charge on any atom is 0.264 e. The summed E-state index contributed by atoms with van der Waals surface area (Å²) in [6, 6.07) is 10.3. The molecule has 5 nitrogen and oxygen atoms in total. The molecular weight excluding hydrogens is 382 g/mol. The van der Waals surface area contributed by atoms with Gasteiger partial charge in [-0.05, 0) is 49.3 Å². The fraction of sp³-hybridized carbons (Fsp3) is 0.391. The summed E-state index contributed by atoms with van der Waals surface area (Å²) in [6.07, 6.45) is 6.00. The summed E-state index contributed by atoms with van der Waals surface area (Å²) in [6.45, 7) is 6.87. The Morgan fingerprint density at radius 1 is 1.34 bits per heavy atom. The summed E-state index contributed by atoms with van der Waals surface area (Å²) in [5.74, 6) is 0.950. The monoisotopic (exact) mass is 409 g/mol. The molecule has 1 fully saturated rings. The van der Waals surface area contributed by atoms with Crippen molar-refractivity contribution in [2.45, 2.75) is 45.9 Å². The Morgan fingerprint density at radius 2 is 2.24 bits per heavy atom. The fourth-order valence-corrected chi connectivity index (χ4v) is 4.46. The fourth-order valence-electron chi connectivity index (χ4n) is 3.77. The van der Waals surface area contributed by atoms with Gasteiger partial charge in [0.15, 0.2) is 0 Å². The summed E-state index contributed by atoms with van der Waals surface area (Å²) in [5.41, 5.74) is 3.79. The Bertz CT molecular complexity index is 958. The van der Waals surface area contributed by atoms with Crippen LogP contribution in [0.3, 0.4) is 0 Å². The van der Waals surface area contributed by atoms with Gasteiger partial charge in [-0.2, -0.15) is 0 Å². The third kappa shape index (κ3) is 4.77. The number of aryl methyl sites for hydroxylation is 2. The van der Waals surface area contributed by atoms with Gasteiger partial charge in [0.25, 0.3) is 5.91 Å². The molecule has 0 N–H and O–H groups in total. The molecule has 0 spiro atoms. The van der Waals surface area contributed by atoms with E-state index in [9.17, 15) is 4.79 Å². The Labute approximate surface area is 176 Å². The number of rotatable bonds is 7. The second kappa shape index (κ2) is 8.93. The van der Waals surface area contributed by atoms with E-state index < -0.39 is 0 Å². The molecular formula is C23H27N3O2S. The Balaban J connectivity index is 1.55. The highest BCUT2D eigenvalue weighted by atomic mass is 32.1. The van der Waals surface area contributed by atoms with E-state index in [0.29, 0.717) is 13.1 Å². The molecule has 1 unspecified atom stereocenters. The normalized spacial score (nSPS) is 16.3. The summed E-state index contributed by atoms with van der Waals surface area (Å²) >= 11 is 1.48. The summed E-state index contributed by atoms with van der Waals surface area (Å²) in [4.78, 5) is 20.4. The van der Waals surface area contributed by atoms with Crippen molar-refractivity contribution in [1.29, 1.82) is 0 Å². The third-order valence-electron chi connectivity index (χ3n) is 5.45. The smallest absolute Gasteiger partial charge is 0.264 e. The van der Waals surface area contributed by atoms with Crippen LogP contribution in [0.2, 0.25) is 0 Å². The summed E-state index contributed by atoms with van der Waals surface area (Å²) < 4.78 is 7.95. The first kappa shape index (κ1) is 19.9. The van der Waals surface area contributed by atoms with Crippen LogP contribution in [0.5, 0.6) is 0 Å². The van der Waals surface area contributed by atoms with E-state index in [1.54, 1.807) is 0 Å². The highest BCUT2D eigenvalue weighted by molar-refractivity contribution is 7.12. The number of hydrogen-bond donors (Lipinski definition) is 0. The molecule has 0 saturated carbocycles. The molecule has 1 aliphatic rings. The average molecular weight is 410 g/mol. The van der Waals surface area contributed by atoms with Gasteiger partial charge in [-0.15, -0.1) is 11.3 Å². The van der Waals surface area contributed by atoms with Gasteiger partial charge < -0.3 is 14.2 Å². The van der Waals surface area contributed by atoms with Crippen LogP contribution in [0, 0.1) is 13.8 Å². The van der Waals surface area contributed by atoms with Crippen LogP contribution in [0.1, 0.15) is 45.0 Å². The predicted molar refractivity (Wildman–Crippen MR) is 115 cm³/mol. The number of nitrogens with zero attached hydrogens (tertiary/aromatic N) is 3. The molecule has 1 amide bonds. The van der Waals surface area contributed by atoms with Gasteiger partial charge in [0.2, 0.25) is 0 Å². The minimum absolute atomic E-state index is 0.0526. The molecule has 0 aliphatic carbocycles. The van der Waals surface area contributed by atoms with E-state index in [2.05, 4.69) is 41.6 Å². The molecule has 3 aromatic rings. The van der Waals surface area contributed by atoms with Crippen molar-refractivity contribution >= 4 is 17.2 Å². The number of thiophene rings is 1. The first-order chi connectivity index (χ1) is 14.1. The lowest BCUT2D eigenvalue weighted by molar-refractivity contribution is 0.0502. The minimum Gasteiger partial charge on any atom is -0.376 e. The maximum atomic E-state index is 13.1. The van der Waals surface area contributed by atoms with Crippen LogP contribution in [-0.4, -0.2) is 39.6 Å². The van der Waals surface area contributed by atoms with Crippen molar-refractivity contribution < 1.29 is 9.53 Å². The largest absolute Gasteiger partial charge is 0.376 e. The first-order valence-corrected chi connectivity index (χ1v) is 11.0. The van der Waals surface area contributed by atoms with Crippen molar-refractivity contribution in [2.24, 2.45) is 0 Å². The number of aromatic nitrogens is 2. The lowest BCUT2D eigenvalue weighted by atomic mass is 10.1. The second-order valence-corrected chi connectivity index (χ2v) is 8.65. The standard InChI is InChI=1S/C23H27N3O2S/c1-17-7-8-18(2)19(13-17)14-25-10-9-24-22(25)16-26(15-20-5-3-11-28-20)23(27)21-6-4-12-29-21/h4,6-10,12-13,20H,3,5,11,14-16H2,1-2H3. The average Bonchev–Trinajstić information content (AvgIpc) is 3.47. The maximum absolute atomic E-state index is 13.1. The highest BCUT2D eigenvalue weighted by Gasteiger charge is 2.25. The number of hydrogen-bond acceptors (Lipinski definition) is 4. The minimum atomic E-state index is 0.0526. The number of amides is 1. The van der Waals surface area contributed by atoms with Crippen molar-refractivity contribution in [3.63, 3.8) is 0 Å². The molecule has 6 heteroatoms. The van der Waals surface area contributed by atoms with Crippen LogP contribution >= 0.6 is 11.3 Å². The van der Waals surface area contributed by atoms with Gasteiger partial charge in [-0.25, -0.2) is 4.98 Å². The number of benzene rings is 1. The Hall–Kier alpha value is -2.44. The van der Waals surface area contributed by atoms with Crippen molar-refractivity contribution in [3.05, 3.63) is 75.5 Å². The SMILES string of the molecule is Cc1ccc(C)c(Cn2ccnc2CN(CC2CCCO2)C(=O)c2cccs2)c1. The van der Waals surface area contributed by atoms with E-state index >= 15 is 0 Å². The third-order valence-corrected chi connectivity index (χ3v) is 6.30. The molecule has 152 valence electrons. The molecule has 1 aromatic carbocycles. The molecule has 1 aliphatic heterocycles. The zero-order chi connectivity index (χ0) is 20.2. The predicted octanol–water partition coefficient (Wildman–Crippen LogP) is 4.43. The van der Waals surface area contributed by atoms with Gasteiger partial charge in [0.05, 0.1) is 17.5 Å². The number of imidazole rings is 1. The molecule has 3 heterocycles. The number of ether oxygens (including phenoxy) is 1. The van der Waals surface area contributed by atoms with E-state index in [1.165, 1.54) is 28.0 Å². The van der Waals surface area contributed by atoms with Crippen LogP contribution in [0.25, 0.3) is 0 Å². The van der Waals surface area contributed by atoms with Crippen molar-refractivity contribution in [3.8, 4) is 0 Å². The lowest BCUT2D eigenvalue weighted by Gasteiger charge is -2.25. The van der Waals surface area contributed by atoms with E-state index in [1.807, 2.05) is 34.8 Å². The summed E-state index contributed by atoms with van der Waals surface area (Å²) in [5, 5.41) is 1.94. The Morgan fingerprint density at radius 3 is 3.00 bits per heavy atom. The second-order valence-electron chi connectivity index (χ2n) is 7.70. The topological polar surface area (TPSA) is 47.4 Å². The quantitative estimate of drug-likeness (QED) is 0.580. The zero-order valence-electron chi connectivity index (χ0n) is 17.0. The highest BCUT2D eigenvalue weighted by Crippen LogP contribution is 2.20. The van der Waals surface area contributed by atoms with E-state index in [-0.39, 0.29) is 12.0 Å². The Kier molecular flexibility index (Phi) is 6.11. The molecule has 1 atom stereocenters. The van der Waals surface area contributed by atoms with E-state index in [0.717, 1.165) is 36.7 Å². The molecule has 0 radical (unpaired) electrons. The van der Waals surface area contributed by atoms with Gasteiger partial charge in [0.1, 0.15) is 5.82 Å². The first-order valence-electron chi connectivity index (χ1n) is 10.1. The zero-order valence-corrected chi connectivity index (χ0v) is 17.8. The van der Waals surface area contributed by atoms with Gasteiger partial charge >= 0.3 is 0 Å². The van der Waals surface area contributed by atoms with Crippen LogP contribution in [-0.2, 0) is 17.8 Å². The molecule has 2 aromatic heterocycles. The lowest BCUT2D eigenvalue weighted by Crippen LogP contribution is -2.37. The van der Waals surface area contributed by atoms with Crippen LogP contribution in [0.15, 0.2) is 48.1 Å². The van der Waals surface area contributed by atoms with Crippen LogP contribution in [0.4, 0.5) is 0 Å². The van der Waals surface area contributed by atoms with Crippen molar-refractivity contribution in [2.75, 3.05) is 13.2 Å². The van der Waals surface area contributed by atoms with Crippen molar-refractivity contribution in [1.82, 2.24) is 14.5 Å². The molecule has 29 heavy (non-hydrogen) atoms. The molecule has 1 saturated heterocycles.